The topological polar surface area (TPSA) is 38.4 Å². The van der Waals surface area contributed by atoms with Crippen molar-refractivity contribution in [2.24, 2.45) is 10.7 Å². The number of hydrogen-bond acceptors (Lipinski definition) is 3. The average molecular weight is 825 g/mol. The number of rotatable bonds is 9. The van der Waals surface area contributed by atoms with Crippen molar-refractivity contribution < 1.29 is 0 Å². The van der Waals surface area contributed by atoms with Gasteiger partial charge in [-0.05, 0) is 102 Å². The van der Waals surface area contributed by atoms with Gasteiger partial charge in [0.2, 0.25) is 0 Å². The number of aliphatic imine (C=N–C) groups is 1. The first-order valence-corrected chi connectivity index (χ1v) is 22.4. The summed E-state index contributed by atoms with van der Waals surface area (Å²) in [4.78, 5) is 7.77. The highest BCUT2D eigenvalue weighted by Crippen LogP contribution is 2.63. The van der Waals surface area contributed by atoms with Crippen LogP contribution in [-0.2, 0) is 5.41 Å². The lowest BCUT2D eigenvalue weighted by molar-refractivity contribution is 0.723. The fourth-order valence-corrected chi connectivity index (χ4v) is 11.1. The summed E-state index contributed by atoms with van der Waals surface area (Å²) >= 11 is 1.87. The van der Waals surface area contributed by atoms with Crippen LogP contribution in [0.4, 0.5) is 0 Å². The van der Waals surface area contributed by atoms with Gasteiger partial charge in [0.1, 0.15) is 0 Å². The van der Waals surface area contributed by atoms with Gasteiger partial charge >= 0.3 is 0 Å². The molecule has 63 heavy (non-hydrogen) atoms. The third-order valence-electron chi connectivity index (χ3n) is 12.9. The van der Waals surface area contributed by atoms with Crippen LogP contribution in [0.15, 0.2) is 246 Å². The highest BCUT2D eigenvalue weighted by Gasteiger charge is 2.50. The molecule has 2 unspecified atom stereocenters. The fraction of sp³-hybridized carbons (Fsp3) is 0.0500. The molecule has 9 aromatic carbocycles. The molecule has 1 spiro atoms. The van der Waals surface area contributed by atoms with Crippen LogP contribution in [-0.4, -0.2) is 5.71 Å². The van der Waals surface area contributed by atoms with E-state index in [0.29, 0.717) is 12.1 Å². The standard InChI is InChI=1S/C60H44N2S/c1-39(37-55(61)46-18-7-4-8-19-46)59(62-40(2)41-25-27-43(28-26-41)42-15-5-3-6-16-42)47-31-29-44(30-32-47)48-34-35-53-57(38-48)63-56-24-14-13-23-52(56)60(53)51-22-12-11-21-50(51)58-49-20-10-9-17-45(49)33-36-54(58)60/h3-36,38,55H,1-2,37,61H2/b62-59+. The predicted octanol–water partition coefficient (Wildman–Crippen LogP) is 15.1. The molecule has 0 saturated carbocycles. The largest absolute Gasteiger partial charge is 0.324 e. The van der Waals surface area contributed by atoms with Crippen LogP contribution in [0.5, 0.6) is 0 Å². The van der Waals surface area contributed by atoms with E-state index in [4.69, 9.17) is 10.7 Å². The van der Waals surface area contributed by atoms with Crippen LogP contribution < -0.4 is 5.73 Å². The van der Waals surface area contributed by atoms with Crippen LogP contribution in [0, 0.1) is 0 Å². The van der Waals surface area contributed by atoms with Crippen molar-refractivity contribution in [2.75, 3.05) is 0 Å². The van der Waals surface area contributed by atoms with Crippen molar-refractivity contribution in [1.29, 1.82) is 0 Å². The highest BCUT2D eigenvalue weighted by atomic mass is 32.2. The number of benzene rings is 9. The lowest BCUT2D eigenvalue weighted by atomic mass is 9.67. The molecular formula is C60H44N2S. The summed E-state index contributed by atoms with van der Waals surface area (Å²) in [5, 5.41) is 2.56. The molecule has 9 aromatic rings. The van der Waals surface area contributed by atoms with Crippen molar-refractivity contribution in [3.8, 4) is 33.4 Å². The van der Waals surface area contributed by atoms with Crippen molar-refractivity contribution in [3.63, 3.8) is 0 Å². The molecule has 0 radical (unpaired) electrons. The minimum Gasteiger partial charge on any atom is -0.324 e. The Morgan fingerprint density at radius 1 is 0.508 bits per heavy atom. The maximum Gasteiger partial charge on any atom is 0.0736 e. The van der Waals surface area contributed by atoms with Crippen molar-refractivity contribution >= 4 is 33.9 Å². The van der Waals surface area contributed by atoms with Gasteiger partial charge in [0, 0.05) is 21.4 Å². The van der Waals surface area contributed by atoms with Crippen LogP contribution in [0.25, 0.3) is 49.9 Å². The van der Waals surface area contributed by atoms with Crippen LogP contribution in [0.2, 0.25) is 0 Å². The second-order valence-electron chi connectivity index (χ2n) is 16.6. The quantitative estimate of drug-likeness (QED) is 0.147. The molecule has 2 N–H and O–H groups in total. The summed E-state index contributed by atoms with van der Waals surface area (Å²) in [6, 6.07) is 76.2. The van der Waals surface area contributed by atoms with E-state index in [1.807, 2.05) is 36.0 Å². The number of hydrogen-bond donors (Lipinski definition) is 1. The second kappa shape index (κ2) is 15.9. The molecule has 11 rings (SSSR count). The zero-order valence-corrected chi connectivity index (χ0v) is 35.7. The molecule has 1 aliphatic carbocycles. The molecule has 1 heterocycles. The molecule has 3 heteroatoms. The number of nitrogens with two attached hydrogens (primary N) is 1. The summed E-state index contributed by atoms with van der Waals surface area (Å²) in [5.41, 5.74) is 24.3. The van der Waals surface area contributed by atoms with Gasteiger partial charge in [-0.2, -0.15) is 0 Å². The number of fused-ring (bicyclic) bond motifs is 11. The van der Waals surface area contributed by atoms with E-state index in [0.717, 1.165) is 39.1 Å². The Morgan fingerprint density at radius 2 is 1.08 bits per heavy atom. The van der Waals surface area contributed by atoms with Gasteiger partial charge in [-0.3, -0.25) is 0 Å². The van der Waals surface area contributed by atoms with E-state index in [2.05, 4.69) is 201 Å². The molecule has 0 saturated heterocycles. The Bertz CT molecular complexity index is 3260. The maximum absolute atomic E-state index is 6.79. The molecular weight excluding hydrogens is 781 g/mol. The predicted molar refractivity (Wildman–Crippen MR) is 265 cm³/mol. The van der Waals surface area contributed by atoms with E-state index in [1.54, 1.807) is 0 Å². The lowest BCUT2D eigenvalue weighted by Crippen LogP contribution is -2.31. The lowest BCUT2D eigenvalue weighted by Gasteiger charge is -2.40. The SMILES string of the molecule is C=C(CC(N)c1ccccc1)/C(=N\C(=C)c1ccc(-c2ccccc2)cc1)c1ccc(-c2ccc3c(c2)Sc2ccccc2C32c3ccccc3-c3c2ccc2ccccc32)cc1. The van der Waals surface area contributed by atoms with E-state index in [1.165, 1.54) is 65.1 Å². The Labute approximate surface area is 373 Å². The summed E-state index contributed by atoms with van der Waals surface area (Å²) in [6.45, 7) is 9.02. The zero-order valence-electron chi connectivity index (χ0n) is 34.8. The molecule has 0 amide bonds. The fourth-order valence-electron chi connectivity index (χ4n) is 9.89. The first-order valence-electron chi connectivity index (χ1n) is 21.5. The summed E-state index contributed by atoms with van der Waals surface area (Å²) in [7, 11) is 0. The van der Waals surface area contributed by atoms with Gasteiger partial charge in [0.25, 0.3) is 0 Å². The third kappa shape index (κ3) is 6.60. The minimum atomic E-state index is -0.438. The van der Waals surface area contributed by atoms with E-state index < -0.39 is 5.41 Å². The summed E-state index contributed by atoms with van der Waals surface area (Å²) in [6.07, 6.45) is 0.554. The monoisotopic (exact) mass is 824 g/mol. The highest BCUT2D eigenvalue weighted by molar-refractivity contribution is 7.99. The summed E-state index contributed by atoms with van der Waals surface area (Å²) < 4.78 is 0. The molecule has 300 valence electrons. The Hall–Kier alpha value is -7.30. The maximum atomic E-state index is 6.79. The Balaban J connectivity index is 0.972. The van der Waals surface area contributed by atoms with Crippen molar-refractivity contribution in [2.45, 2.75) is 27.7 Å². The van der Waals surface area contributed by atoms with Crippen LogP contribution in [0.3, 0.4) is 0 Å². The second-order valence-corrected chi connectivity index (χ2v) is 17.7. The van der Waals surface area contributed by atoms with Crippen molar-refractivity contribution in [1.82, 2.24) is 0 Å². The molecule has 0 aromatic heterocycles. The minimum absolute atomic E-state index is 0.222. The first-order chi connectivity index (χ1) is 31.0. The van der Waals surface area contributed by atoms with Crippen LogP contribution >= 0.6 is 11.8 Å². The van der Waals surface area contributed by atoms with Crippen molar-refractivity contribution in [3.05, 3.63) is 270 Å². The summed E-state index contributed by atoms with van der Waals surface area (Å²) in [5.74, 6) is 0. The smallest absolute Gasteiger partial charge is 0.0736 e. The normalized spacial score (nSPS) is 15.3. The van der Waals surface area contributed by atoms with Gasteiger partial charge in [-0.25, -0.2) is 4.99 Å². The zero-order chi connectivity index (χ0) is 42.5. The molecule has 0 fully saturated rings. The van der Waals surface area contributed by atoms with Crippen LogP contribution in [0.1, 0.15) is 51.4 Å². The molecule has 2 aliphatic rings. The van der Waals surface area contributed by atoms with Gasteiger partial charge < -0.3 is 5.73 Å². The van der Waals surface area contributed by atoms with Gasteiger partial charge in [-0.1, -0.05) is 225 Å². The third-order valence-corrected chi connectivity index (χ3v) is 14.1. The molecule has 2 atom stereocenters. The molecule has 0 bridgehead atoms. The molecule has 1 aliphatic heterocycles. The van der Waals surface area contributed by atoms with E-state index in [9.17, 15) is 0 Å². The van der Waals surface area contributed by atoms with Gasteiger partial charge in [-0.15, -0.1) is 0 Å². The Kier molecular flexibility index (Phi) is 9.73. The van der Waals surface area contributed by atoms with Gasteiger partial charge in [0.05, 0.1) is 16.8 Å². The number of nitrogens with zero attached hydrogens (tertiary/aromatic N) is 1. The average Bonchev–Trinajstić information content (AvgIpc) is 3.64. The van der Waals surface area contributed by atoms with E-state index >= 15 is 0 Å². The molecule has 2 nitrogen and oxygen atoms in total. The van der Waals surface area contributed by atoms with Gasteiger partial charge in [0.15, 0.2) is 0 Å². The first kappa shape index (κ1) is 38.6. The van der Waals surface area contributed by atoms with E-state index in [-0.39, 0.29) is 6.04 Å². The Morgan fingerprint density at radius 3 is 1.86 bits per heavy atom.